The Balaban J connectivity index is 2.30. The fraction of sp³-hybridized carbons (Fsp3) is 0.143. The second kappa shape index (κ2) is 5.32. The normalized spacial score (nSPS) is 11.2. The average Bonchev–Trinajstić information content (AvgIpc) is 2.46. The number of anilines is 1. The van der Waals surface area contributed by atoms with Crippen LogP contribution in [0.4, 0.5) is 18.9 Å². The number of nitrogens with zero attached hydrogens (tertiary/aromatic N) is 2. The second-order valence-electron chi connectivity index (χ2n) is 4.15. The molecule has 104 valence electrons. The van der Waals surface area contributed by atoms with Gasteiger partial charge in [0.2, 0.25) is 0 Å². The van der Waals surface area contributed by atoms with Crippen LogP contribution in [0.5, 0.6) is 0 Å². The third-order valence-electron chi connectivity index (χ3n) is 2.77. The molecule has 0 aliphatic carbocycles. The molecular formula is C14H11F3N2O. The van der Waals surface area contributed by atoms with Gasteiger partial charge >= 0.3 is 6.18 Å². The lowest BCUT2D eigenvalue weighted by atomic mass is 10.1. The average molecular weight is 280 g/mol. The first-order valence-electron chi connectivity index (χ1n) is 5.75. The second-order valence-corrected chi connectivity index (χ2v) is 4.15. The summed E-state index contributed by atoms with van der Waals surface area (Å²) in [5.41, 5.74) is -0.357. The van der Waals surface area contributed by atoms with Crippen LogP contribution >= 0.6 is 0 Å². The molecule has 0 bridgehead atoms. The lowest BCUT2D eigenvalue weighted by Gasteiger charge is -2.17. The summed E-state index contributed by atoms with van der Waals surface area (Å²) in [6, 6.07) is 7.64. The molecule has 0 saturated heterocycles. The van der Waals surface area contributed by atoms with Crippen LogP contribution in [-0.2, 0) is 6.18 Å². The van der Waals surface area contributed by atoms with Crippen LogP contribution < -0.4 is 4.90 Å². The summed E-state index contributed by atoms with van der Waals surface area (Å²) in [6.45, 7) is 0. The minimum atomic E-state index is -4.47. The van der Waals surface area contributed by atoms with Gasteiger partial charge in [-0.2, -0.15) is 13.2 Å². The first kappa shape index (κ1) is 14.0. The molecule has 3 nitrogen and oxygen atoms in total. The molecule has 0 aliphatic rings. The van der Waals surface area contributed by atoms with Gasteiger partial charge in [0.25, 0.3) is 5.91 Å². The molecule has 0 atom stereocenters. The molecule has 0 fully saturated rings. The van der Waals surface area contributed by atoms with Gasteiger partial charge in [-0.25, -0.2) is 0 Å². The zero-order valence-electron chi connectivity index (χ0n) is 10.6. The van der Waals surface area contributed by atoms with Crippen molar-refractivity contribution in [1.82, 2.24) is 4.98 Å². The number of amides is 1. The molecule has 0 aliphatic heterocycles. The molecule has 0 saturated carbocycles. The third-order valence-corrected chi connectivity index (χ3v) is 2.77. The largest absolute Gasteiger partial charge is 0.416 e. The summed E-state index contributed by atoms with van der Waals surface area (Å²) in [6.07, 6.45) is -1.46. The number of carbonyl (C=O) groups excluding carboxylic acids is 1. The minimum Gasteiger partial charge on any atom is -0.310 e. The molecule has 1 amide bonds. The van der Waals surface area contributed by atoms with Gasteiger partial charge < -0.3 is 4.90 Å². The Bertz CT molecular complexity index is 611. The Morgan fingerprint density at radius 3 is 2.55 bits per heavy atom. The number of aromatic nitrogens is 1. The fourth-order valence-corrected chi connectivity index (χ4v) is 1.69. The van der Waals surface area contributed by atoms with Crippen LogP contribution in [0.1, 0.15) is 15.9 Å². The highest BCUT2D eigenvalue weighted by Crippen LogP contribution is 2.29. The minimum absolute atomic E-state index is 0.0221. The molecule has 6 heteroatoms. The number of alkyl halides is 3. The van der Waals surface area contributed by atoms with Crippen molar-refractivity contribution in [2.75, 3.05) is 11.9 Å². The van der Waals surface area contributed by atoms with E-state index < -0.39 is 17.6 Å². The van der Waals surface area contributed by atoms with Gasteiger partial charge in [0.05, 0.1) is 17.4 Å². The summed E-state index contributed by atoms with van der Waals surface area (Å²) in [5.74, 6) is -0.524. The lowest BCUT2D eigenvalue weighted by molar-refractivity contribution is -0.137. The predicted molar refractivity (Wildman–Crippen MR) is 68.4 cm³/mol. The molecule has 1 heterocycles. The maximum absolute atomic E-state index is 12.6. The fourth-order valence-electron chi connectivity index (χ4n) is 1.69. The summed E-state index contributed by atoms with van der Waals surface area (Å²) in [5, 5.41) is 0. The Hall–Kier alpha value is -2.37. The standard InChI is InChI=1S/C14H11F3N2O/c1-19(12-6-3-7-18-9-12)13(20)10-4-2-5-11(8-10)14(15,16)17/h2-9H,1H3. The molecule has 0 N–H and O–H groups in total. The highest BCUT2D eigenvalue weighted by Gasteiger charge is 2.31. The van der Waals surface area contributed by atoms with Crippen molar-refractivity contribution in [1.29, 1.82) is 0 Å². The van der Waals surface area contributed by atoms with E-state index in [0.29, 0.717) is 5.69 Å². The van der Waals surface area contributed by atoms with Gasteiger partial charge in [0.15, 0.2) is 0 Å². The highest BCUT2D eigenvalue weighted by atomic mass is 19.4. The smallest absolute Gasteiger partial charge is 0.310 e. The van der Waals surface area contributed by atoms with Gasteiger partial charge in [0, 0.05) is 18.8 Å². The third kappa shape index (κ3) is 2.96. The Kier molecular flexibility index (Phi) is 3.74. The van der Waals surface area contributed by atoms with Gasteiger partial charge in [-0.1, -0.05) is 6.07 Å². The van der Waals surface area contributed by atoms with Crippen LogP contribution in [0, 0.1) is 0 Å². The van der Waals surface area contributed by atoms with Gasteiger partial charge in [-0.3, -0.25) is 9.78 Å². The molecule has 0 spiro atoms. The number of benzene rings is 1. The van der Waals surface area contributed by atoms with E-state index in [2.05, 4.69) is 4.98 Å². The number of hydrogen-bond acceptors (Lipinski definition) is 2. The molecule has 2 aromatic rings. The first-order chi connectivity index (χ1) is 9.39. The molecule has 1 aromatic carbocycles. The Labute approximate surface area is 113 Å². The van der Waals surface area contributed by atoms with Crippen LogP contribution in [-0.4, -0.2) is 17.9 Å². The topological polar surface area (TPSA) is 33.2 Å². The zero-order chi connectivity index (χ0) is 14.8. The van der Waals surface area contributed by atoms with Crippen molar-refractivity contribution in [2.24, 2.45) is 0 Å². The summed E-state index contributed by atoms with van der Waals surface area (Å²) in [4.78, 5) is 17.3. The van der Waals surface area contributed by atoms with Crippen molar-refractivity contribution in [3.8, 4) is 0 Å². The van der Waals surface area contributed by atoms with E-state index in [0.717, 1.165) is 12.1 Å². The van der Waals surface area contributed by atoms with E-state index >= 15 is 0 Å². The van der Waals surface area contributed by atoms with E-state index in [1.165, 1.54) is 30.3 Å². The number of pyridine rings is 1. The highest BCUT2D eigenvalue weighted by molar-refractivity contribution is 6.05. The summed E-state index contributed by atoms with van der Waals surface area (Å²) in [7, 11) is 1.49. The van der Waals surface area contributed by atoms with Crippen molar-refractivity contribution < 1.29 is 18.0 Å². The number of halogens is 3. The summed E-state index contributed by atoms with van der Waals surface area (Å²) < 4.78 is 37.9. The van der Waals surface area contributed by atoms with Crippen molar-refractivity contribution in [3.63, 3.8) is 0 Å². The van der Waals surface area contributed by atoms with Crippen LogP contribution in [0.25, 0.3) is 0 Å². The Morgan fingerprint density at radius 2 is 1.95 bits per heavy atom. The number of carbonyl (C=O) groups is 1. The quantitative estimate of drug-likeness (QED) is 0.845. The number of hydrogen-bond donors (Lipinski definition) is 0. The van der Waals surface area contributed by atoms with Crippen LogP contribution in [0.3, 0.4) is 0 Å². The van der Waals surface area contributed by atoms with Crippen molar-refractivity contribution in [2.45, 2.75) is 6.18 Å². The van der Waals surface area contributed by atoms with Crippen LogP contribution in [0.2, 0.25) is 0 Å². The van der Waals surface area contributed by atoms with E-state index in [9.17, 15) is 18.0 Å². The molecule has 0 radical (unpaired) electrons. The molecule has 2 rings (SSSR count). The molecule has 1 aromatic heterocycles. The van der Waals surface area contributed by atoms with E-state index in [4.69, 9.17) is 0 Å². The summed E-state index contributed by atoms with van der Waals surface area (Å²) >= 11 is 0. The van der Waals surface area contributed by atoms with E-state index in [-0.39, 0.29) is 5.56 Å². The molecular weight excluding hydrogens is 269 g/mol. The maximum atomic E-state index is 12.6. The van der Waals surface area contributed by atoms with Gasteiger partial charge in [-0.05, 0) is 30.3 Å². The lowest BCUT2D eigenvalue weighted by Crippen LogP contribution is -2.26. The zero-order valence-corrected chi connectivity index (χ0v) is 10.6. The molecule has 20 heavy (non-hydrogen) atoms. The van der Waals surface area contributed by atoms with E-state index in [1.54, 1.807) is 18.3 Å². The molecule has 0 unspecified atom stereocenters. The van der Waals surface area contributed by atoms with E-state index in [1.807, 2.05) is 0 Å². The Morgan fingerprint density at radius 1 is 1.20 bits per heavy atom. The monoisotopic (exact) mass is 280 g/mol. The predicted octanol–water partition coefficient (Wildman–Crippen LogP) is 3.38. The number of rotatable bonds is 2. The van der Waals surface area contributed by atoms with Gasteiger partial charge in [0.1, 0.15) is 0 Å². The SMILES string of the molecule is CN(C(=O)c1cccc(C(F)(F)F)c1)c1cccnc1. The van der Waals surface area contributed by atoms with Crippen molar-refractivity contribution >= 4 is 11.6 Å². The van der Waals surface area contributed by atoms with Crippen LogP contribution in [0.15, 0.2) is 48.8 Å². The van der Waals surface area contributed by atoms with Crippen molar-refractivity contribution in [3.05, 3.63) is 59.9 Å². The first-order valence-corrected chi connectivity index (χ1v) is 5.75. The van der Waals surface area contributed by atoms with Gasteiger partial charge in [-0.15, -0.1) is 0 Å². The maximum Gasteiger partial charge on any atom is 0.416 e.